The van der Waals surface area contributed by atoms with E-state index in [1.807, 2.05) is 24.3 Å². The van der Waals surface area contributed by atoms with Crippen LogP contribution in [-0.4, -0.2) is 4.57 Å². The van der Waals surface area contributed by atoms with Crippen LogP contribution in [0.25, 0.3) is 60.9 Å². The fourth-order valence-electron chi connectivity index (χ4n) is 9.93. The number of anilines is 3. The van der Waals surface area contributed by atoms with Crippen LogP contribution in [0.3, 0.4) is 0 Å². The summed E-state index contributed by atoms with van der Waals surface area (Å²) in [5.74, 6) is -0.502. The summed E-state index contributed by atoms with van der Waals surface area (Å²) >= 11 is 0. The summed E-state index contributed by atoms with van der Waals surface area (Å²) in [5, 5.41) is 2.32. The Balaban J connectivity index is 1.00. The van der Waals surface area contributed by atoms with E-state index in [2.05, 4.69) is 158 Å². The predicted molar refractivity (Wildman–Crippen MR) is 236 cm³/mol. The van der Waals surface area contributed by atoms with Gasteiger partial charge in [0.15, 0.2) is 0 Å². The largest absolute Gasteiger partial charge is 0.310 e. The number of hydrogen-bond donors (Lipinski definition) is 0. The molecule has 0 amide bonds. The van der Waals surface area contributed by atoms with Gasteiger partial charge in [0.1, 0.15) is 11.6 Å². The molecule has 0 aliphatic heterocycles. The molecule has 0 N–H and O–H groups in total. The third kappa shape index (κ3) is 5.00. The Bertz CT molecular complexity index is 3130. The van der Waals surface area contributed by atoms with Gasteiger partial charge in [0.2, 0.25) is 0 Å². The van der Waals surface area contributed by atoms with Crippen molar-refractivity contribution in [2.24, 2.45) is 0 Å². The molecular formula is C54H40F2N2. The number of nitrogens with zero attached hydrogens (tertiary/aromatic N) is 2. The first-order valence-electron chi connectivity index (χ1n) is 20.0. The lowest BCUT2D eigenvalue weighted by Crippen LogP contribution is -2.18. The maximum atomic E-state index is 14.4. The van der Waals surface area contributed by atoms with Crippen LogP contribution in [0.5, 0.6) is 0 Å². The van der Waals surface area contributed by atoms with Gasteiger partial charge in [0, 0.05) is 44.4 Å². The molecule has 9 aromatic rings. The SMILES string of the molecule is CC1(C)c2ccccc2-c2ccc(N(c3ccc(F)cc3)c3ccc4c(c3)C(C)(C)c3cc(-c5ccc6c(c5)c5ccccc5n6-c5ccc(F)cc5)ccc3-4)cc21. The Labute approximate surface area is 337 Å². The van der Waals surface area contributed by atoms with Crippen molar-refractivity contribution in [3.8, 4) is 39.1 Å². The molecule has 58 heavy (non-hydrogen) atoms. The second-order valence-corrected chi connectivity index (χ2v) is 16.9. The summed E-state index contributed by atoms with van der Waals surface area (Å²) in [7, 11) is 0. The first-order chi connectivity index (χ1) is 28.1. The van der Waals surface area contributed by atoms with E-state index in [0.717, 1.165) is 55.7 Å². The van der Waals surface area contributed by atoms with Gasteiger partial charge in [-0.3, -0.25) is 0 Å². The van der Waals surface area contributed by atoms with Crippen molar-refractivity contribution in [1.82, 2.24) is 4.57 Å². The predicted octanol–water partition coefficient (Wildman–Crippen LogP) is 14.8. The van der Waals surface area contributed by atoms with E-state index in [-0.39, 0.29) is 22.5 Å². The Kier molecular flexibility index (Phi) is 7.34. The number of halogens is 2. The molecule has 280 valence electrons. The molecule has 0 atom stereocenters. The summed E-state index contributed by atoms with van der Waals surface area (Å²) in [6, 6.07) is 57.8. The zero-order valence-electron chi connectivity index (χ0n) is 32.8. The average Bonchev–Trinajstić information content (AvgIpc) is 3.78. The van der Waals surface area contributed by atoms with E-state index in [1.165, 1.54) is 56.6 Å². The summed E-state index contributed by atoms with van der Waals surface area (Å²) < 4.78 is 30.5. The molecule has 2 nitrogen and oxygen atoms in total. The van der Waals surface area contributed by atoms with Gasteiger partial charge in [-0.15, -0.1) is 0 Å². The third-order valence-electron chi connectivity index (χ3n) is 12.9. The molecule has 0 saturated carbocycles. The molecule has 4 heteroatoms. The highest BCUT2D eigenvalue weighted by Crippen LogP contribution is 2.53. The van der Waals surface area contributed by atoms with Crippen LogP contribution >= 0.6 is 0 Å². The maximum absolute atomic E-state index is 14.4. The van der Waals surface area contributed by atoms with Crippen molar-refractivity contribution in [2.75, 3.05) is 4.90 Å². The first-order valence-corrected chi connectivity index (χ1v) is 20.0. The van der Waals surface area contributed by atoms with Crippen molar-refractivity contribution in [3.05, 3.63) is 204 Å². The highest BCUT2D eigenvalue weighted by molar-refractivity contribution is 6.10. The number of hydrogen-bond acceptors (Lipinski definition) is 1. The summed E-state index contributed by atoms with van der Waals surface area (Å²) in [6.07, 6.45) is 0. The van der Waals surface area contributed by atoms with Crippen LogP contribution in [0.1, 0.15) is 49.9 Å². The van der Waals surface area contributed by atoms with Gasteiger partial charge < -0.3 is 9.47 Å². The van der Waals surface area contributed by atoms with E-state index in [9.17, 15) is 8.78 Å². The van der Waals surface area contributed by atoms with Crippen LogP contribution < -0.4 is 4.90 Å². The lowest BCUT2D eigenvalue weighted by Gasteiger charge is -2.29. The lowest BCUT2D eigenvalue weighted by molar-refractivity contribution is 0.627. The highest BCUT2D eigenvalue weighted by atomic mass is 19.1. The number of aromatic nitrogens is 1. The molecule has 8 aromatic carbocycles. The second-order valence-electron chi connectivity index (χ2n) is 16.9. The van der Waals surface area contributed by atoms with E-state index in [1.54, 1.807) is 12.1 Å². The van der Waals surface area contributed by atoms with Crippen molar-refractivity contribution in [3.63, 3.8) is 0 Å². The monoisotopic (exact) mass is 754 g/mol. The molecule has 1 aromatic heterocycles. The van der Waals surface area contributed by atoms with Gasteiger partial charge >= 0.3 is 0 Å². The summed E-state index contributed by atoms with van der Waals surface area (Å²) in [6.45, 7) is 9.25. The Morgan fingerprint density at radius 3 is 1.57 bits per heavy atom. The first kappa shape index (κ1) is 34.5. The number of fused-ring (bicyclic) bond motifs is 9. The van der Waals surface area contributed by atoms with Crippen LogP contribution in [0.2, 0.25) is 0 Å². The highest BCUT2D eigenvalue weighted by Gasteiger charge is 2.38. The standard InChI is InChI=1S/C54H40F2N2/c1-53(2)47-11-7-5-9-41(47)43-26-23-39(31-49(43)53)57(37-19-15-35(55)16-20-37)40-24-27-44-42-25-13-34(30-48(42)54(3,4)50(44)32-40)33-14-28-52-46(29-33)45-10-6-8-12-51(45)58(52)38-21-17-36(56)18-22-38/h5-32H,1-4H3. The molecule has 1 heterocycles. The normalized spacial score (nSPS) is 14.3. The minimum absolute atomic E-state index is 0.153. The molecular weight excluding hydrogens is 715 g/mol. The molecule has 2 aliphatic rings. The van der Waals surface area contributed by atoms with Gasteiger partial charge in [-0.1, -0.05) is 100 Å². The fraction of sp³-hybridized carbons (Fsp3) is 0.111. The number of rotatable bonds is 5. The van der Waals surface area contributed by atoms with Crippen LogP contribution in [0, 0.1) is 11.6 Å². The van der Waals surface area contributed by atoms with Gasteiger partial charge in [-0.25, -0.2) is 8.78 Å². The molecule has 0 fully saturated rings. The molecule has 0 saturated heterocycles. The molecule has 0 unspecified atom stereocenters. The topological polar surface area (TPSA) is 8.17 Å². The Morgan fingerprint density at radius 2 is 0.879 bits per heavy atom. The van der Waals surface area contributed by atoms with E-state index < -0.39 is 0 Å². The fourth-order valence-corrected chi connectivity index (χ4v) is 9.93. The van der Waals surface area contributed by atoms with Crippen LogP contribution in [0.4, 0.5) is 25.8 Å². The van der Waals surface area contributed by atoms with Crippen molar-refractivity contribution in [2.45, 2.75) is 38.5 Å². The van der Waals surface area contributed by atoms with Gasteiger partial charge in [-0.2, -0.15) is 0 Å². The minimum atomic E-state index is -0.282. The number of benzene rings is 8. The molecule has 11 rings (SSSR count). The molecule has 0 radical (unpaired) electrons. The minimum Gasteiger partial charge on any atom is -0.310 e. The van der Waals surface area contributed by atoms with Crippen molar-refractivity contribution in [1.29, 1.82) is 0 Å². The molecule has 2 aliphatic carbocycles. The quantitative estimate of drug-likeness (QED) is 0.170. The van der Waals surface area contributed by atoms with E-state index >= 15 is 0 Å². The number of para-hydroxylation sites is 1. The smallest absolute Gasteiger partial charge is 0.123 e. The van der Waals surface area contributed by atoms with E-state index in [0.29, 0.717) is 0 Å². The van der Waals surface area contributed by atoms with Crippen molar-refractivity contribution >= 4 is 38.9 Å². The van der Waals surface area contributed by atoms with Gasteiger partial charge in [-0.05, 0) is 153 Å². The second kappa shape index (κ2) is 12.4. The molecule has 0 spiro atoms. The van der Waals surface area contributed by atoms with Crippen LogP contribution in [0.15, 0.2) is 170 Å². The Hall–Kier alpha value is -6.78. The van der Waals surface area contributed by atoms with Crippen LogP contribution in [-0.2, 0) is 10.8 Å². The maximum Gasteiger partial charge on any atom is 0.123 e. The third-order valence-corrected chi connectivity index (χ3v) is 12.9. The van der Waals surface area contributed by atoms with Gasteiger partial charge in [0.05, 0.1) is 11.0 Å². The van der Waals surface area contributed by atoms with Crippen molar-refractivity contribution < 1.29 is 8.78 Å². The van der Waals surface area contributed by atoms with Gasteiger partial charge in [0.25, 0.3) is 0 Å². The zero-order chi connectivity index (χ0) is 39.5. The summed E-state index contributed by atoms with van der Waals surface area (Å²) in [5.41, 5.74) is 18.2. The van der Waals surface area contributed by atoms with E-state index in [4.69, 9.17) is 0 Å². The lowest BCUT2D eigenvalue weighted by atomic mass is 9.81. The Morgan fingerprint density at radius 1 is 0.397 bits per heavy atom. The molecule has 0 bridgehead atoms. The zero-order valence-corrected chi connectivity index (χ0v) is 32.8. The summed E-state index contributed by atoms with van der Waals surface area (Å²) in [4.78, 5) is 2.27. The average molecular weight is 755 g/mol.